The van der Waals surface area contributed by atoms with E-state index >= 15 is 0 Å². The molecule has 2 fully saturated rings. The summed E-state index contributed by atoms with van der Waals surface area (Å²) >= 11 is 0. The highest BCUT2D eigenvalue weighted by Crippen LogP contribution is 2.34. The van der Waals surface area contributed by atoms with Crippen LogP contribution in [0.25, 0.3) is 0 Å². The van der Waals surface area contributed by atoms with Gasteiger partial charge in [0.15, 0.2) is 0 Å². The van der Waals surface area contributed by atoms with Gasteiger partial charge in [-0.2, -0.15) is 0 Å². The summed E-state index contributed by atoms with van der Waals surface area (Å²) in [5.74, 6) is 1.65. The number of nitrogens with zero attached hydrogens (tertiary/aromatic N) is 1. The van der Waals surface area contributed by atoms with Crippen LogP contribution < -0.4 is 0 Å². The van der Waals surface area contributed by atoms with Crippen LogP contribution in [-0.4, -0.2) is 36.7 Å². The van der Waals surface area contributed by atoms with Gasteiger partial charge in [-0.1, -0.05) is 6.92 Å². The Morgan fingerprint density at radius 1 is 1.23 bits per heavy atom. The highest BCUT2D eigenvalue weighted by Gasteiger charge is 2.41. The van der Waals surface area contributed by atoms with Gasteiger partial charge in [0, 0.05) is 30.5 Å². The zero-order valence-electron chi connectivity index (χ0n) is 9.05. The van der Waals surface area contributed by atoms with Crippen LogP contribution in [0, 0.1) is 11.8 Å². The van der Waals surface area contributed by atoms with Crippen LogP contribution in [-0.2, 0) is 4.74 Å². The largest absolute Gasteiger partial charge is 0.381 e. The molecule has 2 unspecified atom stereocenters. The molecule has 13 heavy (non-hydrogen) atoms. The second kappa shape index (κ2) is 3.25. The van der Waals surface area contributed by atoms with Gasteiger partial charge < -0.3 is 4.74 Å². The molecule has 0 aromatic heterocycles. The van der Waals surface area contributed by atoms with E-state index < -0.39 is 0 Å². The molecule has 2 aliphatic heterocycles. The molecule has 2 aliphatic rings. The molecular formula is C11H21NO. The number of likely N-dealkylation sites (tertiary alicyclic amines) is 1. The first-order chi connectivity index (χ1) is 6.13. The third-order valence-electron chi connectivity index (χ3n) is 3.96. The quantitative estimate of drug-likeness (QED) is 0.646. The Kier molecular flexibility index (Phi) is 2.37. The third-order valence-corrected chi connectivity index (χ3v) is 3.96. The normalized spacial score (nSPS) is 35.3. The average Bonchev–Trinajstić information content (AvgIpc) is 2.61. The SMILES string of the molecule is CCC(C)(C)N1CC2COCC2C1. The molecule has 0 bridgehead atoms. The van der Waals surface area contributed by atoms with E-state index in [2.05, 4.69) is 25.7 Å². The number of hydrogen-bond acceptors (Lipinski definition) is 2. The molecule has 2 saturated heterocycles. The van der Waals surface area contributed by atoms with Crippen LogP contribution in [0.5, 0.6) is 0 Å². The Labute approximate surface area is 81.3 Å². The molecule has 0 aromatic rings. The lowest BCUT2D eigenvalue weighted by Gasteiger charge is -2.35. The van der Waals surface area contributed by atoms with Gasteiger partial charge in [-0.05, 0) is 20.3 Å². The third kappa shape index (κ3) is 1.62. The second-order valence-corrected chi connectivity index (χ2v) is 5.13. The van der Waals surface area contributed by atoms with Crippen LogP contribution in [0.1, 0.15) is 27.2 Å². The van der Waals surface area contributed by atoms with Gasteiger partial charge in [0.2, 0.25) is 0 Å². The van der Waals surface area contributed by atoms with E-state index in [4.69, 9.17) is 4.74 Å². The van der Waals surface area contributed by atoms with Crippen molar-refractivity contribution in [2.75, 3.05) is 26.3 Å². The summed E-state index contributed by atoms with van der Waals surface area (Å²) in [5, 5.41) is 0. The number of ether oxygens (including phenoxy) is 1. The van der Waals surface area contributed by atoms with Gasteiger partial charge in [-0.3, -0.25) is 4.90 Å². The minimum absolute atomic E-state index is 0.393. The molecule has 2 nitrogen and oxygen atoms in total. The smallest absolute Gasteiger partial charge is 0.0510 e. The van der Waals surface area contributed by atoms with E-state index in [9.17, 15) is 0 Å². The highest BCUT2D eigenvalue weighted by atomic mass is 16.5. The monoisotopic (exact) mass is 183 g/mol. The lowest BCUT2D eigenvalue weighted by atomic mass is 10.00. The maximum atomic E-state index is 5.48. The van der Waals surface area contributed by atoms with Crippen LogP contribution in [0.15, 0.2) is 0 Å². The van der Waals surface area contributed by atoms with Crippen molar-refractivity contribution in [3.8, 4) is 0 Å². The van der Waals surface area contributed by atoms with E-state index in [-0.39, 0.29) is 0 Å². The summed E-state index contributed by atoms with van der Waals surface area (Å²) in [6.45, 7) is 11.5. The Balaban J connectivity index is 1.98. The molecule has 0 aromatic carbocycles. The molecule has 76 valence electrons. The van der Waals surface area contributed by atoms with Gasteiger partial charge in [-0.15, -0.1) is 0 Å². The van der Waals surface area contributed by atoms with Crippen molar-refractivity contribution in [1.29, 1.82) is 0 Å². The maximum Gasteiger partial charge on any atom is 0.0510 e. The van der Waals surface area contributed by atoms with E-state index in [1.165, 1.54) is 19.5 Å². The molecule has 2 rings (SSSR count). The van der Waals surface area contributed by atoms with Gasteiger partial charge in [0.05, 0.1) is 13.2 Å². The lowest BCUT2D eigenvalue weighted by Crippen LogP contribution is -2.42. The van der Waals surface area contributed by atoms with Crippen molar-refractivity contribution < 1.29 is 4.74 Å². The predicted octanol–water partition coefficient (Wildman–Crippen LogP) is 1.75. The molecule has 2 atom stereocenters. The molecule has 0 radical (unpaired) electrons. The molecular weight excluding hydrogens is 162 g/mol. The number of rotatable bonds is 2. The fourth-order valence-corrected chi connectivity index (χ4v) is 2.41. The highest BCUT2D eigenvalue weighted by molar-refractivity contribution is 4.93. The lowest BCUT2D eigenvalue weighted by molar-refractivity contribution is 0.102. The first-order valence-corrected chi connectivity index (χ1v) is 5.46. The van der Waals surface area contributed by atoms with Crippen LogP contribution in [0.2, 0.25) is 0 Å². The Bertz CT molecular complexity index is 179. The fourth-order valence-electron chi connectivity index (χ4n) is 2.41. The van der Waals surface area contributed by atoms with Gasteiger partial charge >= 0.3 is 0 Å². The predicted molar refractivity (Wildman–Crippen MR) is 53.7 cm³/mol. The van der Waals surface area contributed by atoms with Crippen molar-refractivity contribution in [2.45, 2.75) is 32.7 Å². The van der Waals surface area contributed by atoms with E-state index in [1.807, 2.05) is 0 Å². The minimum Gasteiger partial charge on any atom is -0.381 e. The number of fused-ring (bicyclic) bond motifs is 1. The van der Waals surface area contributed by atoms with E-state index in [0.29, 0.717) is 5.54 Å². The van der Waals surface area contributed by atoms with Crippen molar-refractivity contribution in [2.24, 2.45) is 11.8 Å². The first kappa shape index (κ1) is 9.47. The Morgan fingerprint density at radius 3 is 2.23 bits per heavy atom. The zero-order valence-corrected chi connectivity index (χ0v) is 9.05. The van der Waals surface area contributed by atoms with E-state index in [0.717, 1.165) is 25.0 Å². The second-order valence-electron chi connectivity index (χ2n) is 5.13. The minimum atomic E-state index is 0.393. The van der Waals surface area contributed by atoms with Crippen molar-refractivity contribution >= 4 is 0 Å². The Morgan fingerprint density at radius 2 is 1.77 bits per heavy atom. The van der Waals surface area contributed by atoms with Crippen LogP contribution in [0.3, 0.4) is 0 Å². The van der Waals surface area contributed by atoms with Gasteiger partial charge in [0.1, 0.15) is 0 Å². The Hall–Kier alpha value is -0.0800. The first-order valence-electron chi connectivity index (χ1n) is 5.46. The summed E-state index contributed by atoms with van der Waals surface area (Å²) in [6, 6.07) is 0. The fraction of sp³-hybridized carbons (Fsp3) is 1.00. The molecule has 0 saturated carbocycles. The molecule has 2 heteroatoms. The van der Waals surface area contributed by atoms with Crippen molar-refractivity contribution in [3.63, 3.8) is 0 Å². The number of hydrogen-bond donors (Lipinski definition) is 0. The maximum absolute atomic E-state index is 5.48. The van der Waals surface area contributed by atoms with Crippen molar-refractivity contribution in [3.05, 3.63) is 0 Å². The summed E-state index contributed by atoms with van der Waals surface area (Å²) in [7, 11) is 0. The topological polar surface area (TPSA) is 12.5 Å². The summed E-state index contributed by atoms with van der Waals surface area (Å²) in [4.78, 5) is 2.64. The summed E-state index contributed by atoms with van der Waals surface area (Å²) < 4.78 is 5.48. The van der Waals surface area contributed by atoms with Gasteiger partial charge in [0.25, 0.3) is 0 Å². The molecule has 0 amide bonds. The summed E-state index contributed by atoms with van der Waals surface area (Å²) in [6.07, 6.45) is 1.24. The van der Waals surface area contributed by atoms with E-state index in [1.54, 1.807) is 0 Å². The van der Waals surface area contributed by atoms with Crippen LogP contribution >= 0.6 is 0 Å². The summed E-state index contributed by atoms with van der Waals surface area (Å²) in [5.41, 5.74) is 0.393. The molecule has 2 heterocycles. The van der Waals surface area contributed by atoms with Gasteiger partial charge in [-0.25, -0.2) is 0 Å². The standard InChI is InChI=1S/C11H21NO/c1-4-11(2,3)12-5-9-7-13-8-10(9)6-12/h9-10H,4-8H2,1-3H3. The average molecular weight is 183 g/mol. The zero-order chi connectivity index (χ0) is 9.47. The van der Waals surface area contributed by atoms with Crippen LogP contribution in [0.4, 0.5) is 0 Å². The molecule has 0 N–H and O–H groups in total. The molecule has 0 spiro atoms. The van der Waals surface area contributed by atoms with Crippen molar-refractivity contribution in [1.82, 2.24) is 4.90 Å². The molecule has 0 aliphatic carbocycles.